The Morgan fingerprint density at radius 2 is 2.25 bits per heavy atom. The van der Waals surface area contributed by atoms with Gasteiger partial charge < -0.3 is 15.8 Å². The van der Waals surface area contributed by atoms with Gasteiger partial charge in [0.2, 0.25) is 0 Å². The third-order valence-electron chi connectivity index (χ3n) is 3.36. The lowest BCUT2D eigenvalue weighted by molar-refractivity contribution is 0.316. The Balaban J connectivity index is 2.37. The number of nitrogens with zero attached hydrogens (tertiary/aromatic N) is 3. The lowest BCUT2D eigenvalue weighted by Gasteiger charge is -2.27. The first-order chi connectivity index (χ1) is 9.52. The van der Waals surface area contributed by atoms with Gasteiger partial charge in [0.05, 0.1) is 5.52 Å². The van der Waals surface area contributed by atoms with Gasteiger partial charge in [-0.1, -0.05) is 16.8 Å². The fourth-order valence-electron chi connectivity index (χ4n) is 2.13. The number of halogens is 1. The van der Waals surface area contributed by atoms with Crippen LogP contribution in [0.3, 0.4) is 0 Å². The van der Waals surface area contributed by atoms with Crippen LogP contribution in [-0.2, 0) is 0 Å². The van der Waals surface area contributed by atoms with Crippen LogP contribution in [0, 0.1) is 0 Å². The lowest BCUT2D eigenvalue weighted by Crippen LogP contribution is -2.33. The molecule has 0 bridgehead atoms. The second kappa shape index (κ2) is 5.96. The van der Waals surface area contributed by atoms with E-state index in [-0.39, 0.29) is 11.9 Å². The van der Waals surface area contributed by atoms with E-state index in [1.807, 2.05) is 38.2 Å². The van der Waals surface area contributed by atoms with Gasteiger partial charge in [-0.2, -0.15) is 0 Å². The van der Waals surface area contributed by atoms with E-state index in [1.165, 1.54) is 0 Å². The number of anilines is 1. The SMILES string of the molecule is CC(CC(N)=NO)N(C)c1ccnc2cc(Cl)ccc12. The van der Waals surface area contributed by atoms with E-state index in [2.05, 4.69) is 15.0 Å². The van der Waals surface area contributed by atoms with Crippen LogP contribution < -0.4 is 10.6 Å². The monoisotopic (exact) mass is 292 g/mol. The van der Waals surface area contributed by atoms with Crippen LogP contribution >= 0.6 is 11.6 Å². The van der Waals surface area contributed by atoms with Crippen molar-refractivity contribution in [2.45, 2.75) is 19.4 Å². The number of hydrogen-bond acceptors (Lipinski definition) is 4. The molecular formula is C14H17ClN4O. The zero-order valence-electron chi connectivity index (χ0n) is 11.4. The summed E-state index contributed by atoms with van der Waals surface area (Å²) in [7, 11) is 1.97. The molecule has 20 heavy (non-hydrogen) atoms. The summed E-state index contributed by atoms with van der Waals surface area (Å²) >= 11 is 5.99. The Morgan fingerprint density at radius 3 is 2.95 bits per heavy atom. The topological polar surface area (TPSA) is 74.7 Å². The van der Waals surface area contributed by atoms with Crippen LogP contribution in [0.2, 0.25) is 5.02 Å². The van der Waals surface area contributed by atoms with Gasteiger partial charge in [-0.15, -0.1) is 0 Å². The van der Waals surface area contributed by atoms with Crippen molar-refractivity contribution in [1.82, 2.24) is 4.98 Å². The molecule has 5 nitrogen and oxygen atoms in total. The first kappa shape index (κ1) is 14.4. The third kappa shape index (κ3) is 2.93. The van der Waals surface area contributed by atoms with Crippen molar-refractivity contribution in [2.24, 2.45) is 10.9 Å². The predicted molar refractivity (Wildman–Crippen MR) is 82.6 cm³/mol. The molecule has 0 aliphatic carbocycles. The molecule has 1 aromatic heterocycles. The first-order valence-electron chi connectivity index (χ1n) is 6.26. The Kier molecular flexibility index (Phi) is 4.29. The van der Waals surface area contributed by atoms with Gasteiger partial charge in [0.25, 0.3) is 0 Å². The maximum absolute atomic E-state index is 8.66. The van der Waals surface area contributed by atoms with E-state index < -0.39 is 0 Å². The van der Waals surface area contributed by atoms with Gasteiger partial charge in [-0.25, -0.2) is 0 Å². The normalized spacial score (nSPS) is 13.4. The summed E-state index contributed by atoms with van der Waals surface area (Å²) in [5, 5.41) is 13.4. The number of amidine groups is 1. The van der Waals surface area contributed by atoms with Crippen molar-refractivity contribution in [3.05, 3.63) is 35.5 Å². The molecule has 2 rings (SSSR count). The number of fused-ring (bicyclic) bond motifs is 1. The van der Waals surface area contributed by atoms with Crippen molar-refractivity contribution >= 4 is 34.0 Å². The maximum atomic E-state index is 8.66. The molecule has 0 aliphatic rings. The molecule has 0 saturated carbocycles. The quantitative estimate of drug-likeness (QED) is 0.393. The van der Waals surface area contributed by atoms with E-state index in [4.69, 9.17) is 22.5 Å². The minimum Gasteiger partial charge on any atom is -0.409 e. The number of benzene rings is 1. The minimum atomic E-state index is 0.0900. The number of nitrogens with two attached hydrogens (primary N) is 1. The lowest BCUT2D eigenvalue weighted by atomic mass is 10.1. The molecule has 1 unspecified atom stereocenters. The summed E-state index contributed by atoms with van der Waals surface area (Å²) in [4.78, 5) is 6.40. The molecule has 0 fully saturated rings. The molecular weight excluding hydrogens is 276 g/mol. The molecule has 106 valence electrons. The van der Waals surface area contributed by atoms with Crippen LogP contribution in [0.4, 0.5) is 5.69 Å². The van der Waals surface area contributed by atoms with E-state index in [1.54, 1.807) is 6.20 Å². The average molecular weight is 293 g/mol. The molecule has 0 aliphatic heterocycles. The van der Waals surface area contributed by atoms with Gasteiger partial charge in [0.1, 0.15) is 5.84 Å². The number of rotatable bonds is 4. The molecule has 3 N–H and O–H groups in total. The van der Waals surface area contributed by atoms with Crippen molar-refractivity contribution < 1.29 is 5.21 Å². The fourth-order valence-corrected chi connectivity index (χ4v) is 2.30. The molecule has 2 aromatic rings. The maximum Gasteiger partial charge on any atom is 0.141 e. The van der Waals surface area contributed by atoms with Crippen LogP contribution in [-0.4, -0.2) is 29.1 Å². The summed E-state index contributed by atoms with van der Waals surface area (Å²) in [5.74, 6) is 0.214. The second-order valence-electron chi connectivity index (χ2n) is 4.75. The summed E-state index contributed by atoms with van der Waals surface area (Å²) in [6.07, 6.45) is 2.23. The van der Waals surface area contributed by atoms with Crippen LogP contribution in [0.25, 0.3) is 10.9 Å². The van der Waals surface area contributed by atoms with Gasteiger partial charge in [-0.3, -0.25) is 4.98 Å². The van der Waals surface area contributed by atoms with Crippen LogP contribution in [0.5, 0.6) is 0 Å². The predicted octanol–water partition coefficient (Wildman–Crippen LogP) is 2.85. The molecule has 0 amide bonds. The molecule has 6 heteroatoms. The number of aromatic nitrogens is 1. The zero-order valence-corrected chi connectivity index (χ0v) is 12.2. The number of hydrogen-bond donors (Lipinski definition) is 2. The fraction of sp³-hybridized carbons (Fsp3) is 0.286. The minimum absolute atomic E-state index is 0.0900. The number of oxime groups is 1. The largest absolute Gasteiger partial charge is 0.409 e. The van der Waals surface area contributed by atoms with Crippen molar-refractivity contribution in [3.63, 3.8) is 0 Å². The summed E-state index contributed by atoms with van der Waals surface area (Å²) < 4.78 is 0. The average Bonchev–Trinajstić information content (AvgIpc) is 2.45. The number of pyridine rings is 1. The first-order valence-corrected chi connectivity index (χ1v) is 6.64. The Bertz CT molecular complexity index is 644. The van der Waals surface area contributed by atoms with Gasteiger partial charge in [-0.05, 0) is 31.2 Å². The van der Waals surface area contributed by atoms with E-state index in [9.17, 15) is 0 Å². The van der Waals surface area contributed by atoms with Gasteiger partial charge >= 0.3 is 0 Å². The van der Waals surface area contributed by atoms with E-state index >= 15 is 0 Å². The van der Waals surface area contributed by atoms with Gasteiger partial charge in [0.15, 0.2) is 0 Å². The highest BCUT2D eigenvalue weighted by atomic mass is 35.5. The summed E-state index contributed by atoms with van der Waals surface area (Å²) in [6, 6.07) is 7.66. The highest BCUT2D eigenvalue weighted by molar-refractivity contribution is 6.31. The van der Waals surface area contributed by atoms with Crippen LogP contribution in [0.1, 0.15) is 13.3 Å². The zero-order chi connectivity index (χ0) is 14.7. The molecule has 0 saturated heterocycles. The van der Waals surface area contributed by atoms with Crippen molar-refractivity contribution in [1.29, 1.82) is 0 Å². The Labute approximate surface area is 122 Å². The summed E-state index contributed by atoms with van der Waals surface area (Å²) in [5.41, 5.74) is 7.44. The van der Waals surface area contributed by atoms with Gasteiger partial charge in [0, 0.05) is 41.8 Å². The Hall–Kier alpha value is -2.01. The van der Waals surface area contributed by atoms with Crippen LogP contribution in [0.15, 0.2) is 35.6 Å². The third-order valence-corrected chi connectivity index (χ3v) is 3.59. The highest BCUT2D eigenvalue weighted by Gasteiger charge is 2.14. The molecule has 0 radical (unpaired) electrons. The molecule has 1 heterocycles. The van der Waals surface area contributed by atoms with Crippen molar-refractivity contribution in [3.8, 4) is 0 Å². The Morgan fingerprint density at radius 1 is 1.50 bits per heavy atom. The van der Waals surface area contributed by atoms with Crippen molar-refractivity contribution in [2.75, 3.05) is 11.9 Å². The standard InChI is InChI=1S/C14H17ClN4O/c1-9(7-14(16)18-20)19(2)13-5-6-17-12-8-10(15)3-4-11(12)13/h3-6,8-9,20H,7H2,1-2H3,(H2,16,18). The van der Waals surface area contributed by atoms with E-state index in [0.29, 0.717) is 11.4 Å². The molecule has 1 atom stereocenters. The van der Waals surface area contributed by atoms with E-state index in [0.717, 1.165) is 16.6 Å². The summed E-state index contributed by atoms with van der Waals surface area (Å²) in [6.45, 7) is 2.01. The highest BCUT2D eigenvalue weighted by Crippen LogP contribution is 2.28. The smallest absolute Gasteiger partial charge is 0.141 e. The molecule has 1 aromatic carbocycles. The molecule has 0 spiro atoms. The second-order valence-corrected chi connectivity index (χ2v) is 5.18.